The summed E-state index contributed by atoms with van der Waals surface area (Å²) >= 11 is 4.61. The van der Waals surface area contributed by atoms with Crippen molar-refractivity contribution in [3.63, 3.8) is 0 Å². The van der Waals surface area contributed by atoms with Crippen LogP contribution < -0.4 is 0 Å². The lowest BCUT2D eigenvalue weighted by atomic mass is 10.0. The fraction of sp³-hybridized carbons (Fsp3) is 0.0714. The number of carbonyl (C=O) groups is 1. The van der Waals surface area contributed by atoms with Gasteiger partial charge in [-0.05, 0) is 52.5 Å². The smallest absolute Gasteiger partial charge is 0.194 e. The fourth-order valence-corrected chi connectivity index (χ4v) is 2.60. The van der Waals surface area contributed by atoms with Crippen LogP contribution >= 0.6 is 27.7 Å². The number of rotatable bonds is 3. The Bertz CT molecular complexity index is 598. The van der Waals surface area contributed by atoms with E-state index in [0.29, 0.717) is 15.6 Å². The van der Waals surface area contributed by atoms with Crippen molar-refractivity contribution < 1.29 is 9.18 Å². The molecular weight excluding hydrogens is 315 g/mol. The molecular formula is C14H10BrFOS. The highest BCUT2D eigenvalue weighted by Gasteiger charge is 2.14. The minimum atomic E-state index is -0.371. The van der Waals surface area contributed by atoms with Crippen molar-refractivity contribution in [1.29, 1.82) is 0 Å². The summed E-state index contributed by atoms with van der Waals surface area (Å²) in [6.45, 7) is 0. The third kappa shape index (κ3) is 2.65. The zero-order chi connectivity index (χ0) is 13.1. The molecule has 0 radical (unpaired) electrons. The molecule has 2 aromatic rings. The summed E-state index contributed by atoms with van der Waals surface area (Å²) in [5, 5.41) is 0. The first-order valence-corrected chi connectivity index (χ1v) is 7.28. The minimum absolute atomic E-state index is 0.0966. The summed E-state index contributed by atoms with van der Waals surface area (Å²) in [5.74, 6) is -0.467. The first-order chi connectivity index (χ1) is 8.63. The molecule has 4 heteroatoms. The van der Waals surface area contributed by atoms with Gasteiger partial charge < -0.3 is 0 Å². The Kier molecular flexibility index (Phi) is 4.19. The summed E-state index contributed by atoms with van der Waals surface area (Å²) in [5.41, 5.74) is 1.12. The Morgan fingerprint density at radius 1 is 1.22 bits per heavy atom. The summed E-state index contributed by atoms with van der Waals surface area (Å²) in [4.78, 5) is 13.3. The van der Waals surface area contributed by atoms with E-state index in [2.05, 4.69) is 15.9 Å². The van der Waals surface area contributed by atoms with Gasteiger partial charge in [0.15, 0.2) is 5.78 Å². The van der Waals surface area contributed by atoms with Gasteiger partial charge in [-0.2, -0.15) is 0 Å². The van der Waals surface area contributed by atoms with Crippen LogP contribution in [0, 0.1) is 5.82 Å². The van der Waals surface area contributed by atoms with Crippen LogP contribution in [0.1, 0.15) is 15.9 Å². The van der Waals surface area contributed by atoms with Crippen molar-refractivity contribution in [2.24, 2.45) is 0 Å². The summed E-state index contributed by atoms with van der Waals surface area (Å²) in [6.07, 6.45) is 1.92. The highest BCUT2D eigenvalue weighted by Crippen LogP contribution is 2.24. The average molecular weight is 325 g/mol. The van der Waals surface area contributed by atoms with Crippen LogP contribution in [0.15, 0.2) is 51.8 Å². The van der Waals surface area contributed by atoms with Crippen molar-refractivity contribution in [3.8, 4) is 0 Å². The number of hydrogen-bond acceptors (Lipinski definition) is 2. The lowest BCUT2D eigenvalue weighted by Gasteiger charge is -2.06. The lowest BCUT2D eigenvalue weighted by molar-refractivity contribution is 0.103. The first-order valence-electron chi connectivity index (χ1n) is 5.26. The Labute approximate surface area is 118 Å². The van der Waals surface area contributed by atoms with Crippen molar-refractivity contribution in [1.82, 2.24) is 0 Å². The zero-order valence-corrected chi connectivity index (χ0v) is 12.0. The highest BCUT2D eigenvalue weighted by molar-refractivity contribution is 9.10. The van der Waals surface area contributed by atoms with Gasteiger partial charge in [0, 0.05) is 16.0 Å². The van der Waals surface area contributed by atoms with Crippen LogP contribution in [-0.4, -0.2) is 12.0 Å². The third-order valence-corrected chi connectivity index (χ3v) is 3.94. The molecule has 0 heterocycles. The molecule has 0 aliphatic heterocycles. The number of halogens is 2. The normalized spacial score (nSPS) is 10.4. The van der Waals surface area contributed by atoms with Crippen molar-refractivity contribution >= 4 is 33.5 Å². The first kappa shape index (κ1) is 13.3. The molecule has 0 bridgehead atoms. The predicted octanol–water partition coefficient (Wildman–Crippen LogP) is 4.54. The molecule has 0 amide bonds. The number of hydrogen-bond donors (Lipinski definition) is 0. The summed E-state index contributed by atoms with van der Waals surface area (Å²) in [7, 11) is 0. The number of carbonyl (C=O) groups excluding carboxylic acids is 1. The molecule has 1 nitrogen and oxygen atoms in total. The molecule has 0 aromatic heterocycles. The second-order valence-electron chi connectivity index (χ2n) is 3.66. The fourth-order valence-electron chi connectivity index (χ4n) is 1.63. The molecule has 0 fully saturated rings. The minimum Gasteiger partial charge on any atom is -0.289 e. The highest BCUT2D eigenvalue weighted by atomic mass is 79.9. The Morgan fingerprint density at radius 3 is 2.61 bits per heavy atom. The molecule has 2 rings (SSSR count). The molecule has 0 unspecified atom stereocenters. The van der Waals surface area contributed by atoms with Gasteiger partial charge >= 0.3 is 0 Å². The molecule has 0 aliphatic carbocycles. The van der Waals surface area contributed by atoms with Crippen LogP contribution in [0.5, 0.6) is 0 Å². The maximum absolute atomic E-state index is 13.1. The number of benzene rings is 2. The number of thioether (sulfide) groups is 1. The molecule has 92 valence electrons. The topological polar surface area (TPSA) is 17.1 Å². The van der Waals surface area contributed by atoms with Gasteiger partial charge in [0.05, 0.1) is 4.47 Å². The van der Waals surface area contributed by atoms with Crippen LogP contribution in [0.3, 0.4) is 0 Å². The second kappa shape index (κ2) is 5.67. The van der Waals surface area contributed by atoms with E-state index < -0.39 is 0 Å². The van der Waals surface area contributed by atoms with Gasteiger partial charge in [-0.1, -0.05) is 12.1 Å². The Balaban J connectivity index is 2.44. The Hall–Kier alpha value is -1.13. The van der Waals surface area contributed by atoms with Gasteiger partial charge in [0.2, 0.25) is 0 Å². The van der Waals surface area contributed by atoms with Crippen LogP contribution in [-0.2, 0) is 0 Å². The zero-order valence-electron chi connectivity index (χ0n) is 9.61. The SMILES string of the molecule is CSc1ccccc1C(=O)c1ccc(F)c(Br)c1. The molecule has 18 heavy (non-hydrogen) atoms. The number of ketones is 1. The van der Waals surface area contributed by atoms with Gasteiger partial charge in [0.1, 0.15) is 5.82 Å². The lowest BCUT2D eigenvalue weighted by Crippen LogP contribution is -2.03. The average Bonchev–Trinajstić information content (AvgIpc) is 2.41. The molecule has 0 saturated heterocycles. The molecule has 0 aliphatic rings. The van der Waals surface area contributed by atoms with Gasteiger partial charge in [0.25, 0.3) is 0 Å². The van der Waals surface area contributed by atoms with Crippen molar-refractivity contribution in [2.75, 3.05) is 6.26 Å². The molecule has 0 N–H and O–H groups in total. The van der Waals surface area contributed by atoms with Crippen molar-refractivity contribution in [2.45, 2.75) is 4.90 Å². The van der Waals surface area contributed by atoms with Crippen molar-refractivity contribution in [3.05, 3.63) is 63.9 Å². The predicted molar refractivity (Wildman–Crippen MR) is 75.8 cm³/mol. The van der Waals surface area contributed by atoms with Gasteiger partial charge in [-0.15, -0.1) is 11.8 Å². The second-order valence-corrected chi connectivity index (χ2v) is 5.36. The van der Waals surface area contributed by atoms with E-state index in [-0.39, 0.29) is 11.6 Å². The van der Waals surface area contributed by atoms with E-state index in [4.69, 9.17) is 0 Å². The van der Waals surface area contributed by atoms with Crippen LogP contribution in [0.2, 0.25) is 0 Å². The van der Waals surface area contributed by atoms with Gasteiger partial charge in [-0.25, -0.2) is 4.39 Å². The maximum Gasteiger partial charge on any atom is 0.194 e. The van der Waals surface area contributed by atoms with E-state index in [0.717, 1.165) is 4.90 Å². The standard InChI is InChI=1S/C14H10BrFOS/c1-18-13-5-3-2-4-10(13)14(17)9-6-7-12(16)11(15)8-9/h2-8H,1H3. The molecule has 0 saturated carbocycles. The Morgan fingerprint density at radius 2 is 1.94 bits per heavy atom. The monoisotopic (exact) mass is 324 g/mol. The van der Waals surface area contributed by atoms with E-state index in [9.17, 15) is 9.18 Å². The maximum atomic E-state index is 13.1. The summed E-state index contributed by atoms with van der Waals surface area (Å²) < 4.78 is 13.4. The van der Waals surface area contributed by atoms with E-state index >= 15 is 0 Å². The molecule has 0 atom stereocenters. The quantitative estimate of drug-likeness (QED) is 0.609. The van der Waals surface area contributed by atoms with Crippen LogP contribution in [0.25, 0.3) is 0 Å². The summed E-state index contributed by atoms with van der Waals surface area (Å²) in [6, 6.07) is 11.7. The molecule has 0 spiro atoms. The van der Waals surface area contributed by atoms with E-state index in [1.807, 2.05) is 24.5 Å². The van der Waals surface area contributed by atoms with Gasteiger partial charge in [-0.3, -0.25) is 4.79 Å². The largest absolute Gasteiger partial charge is 0.289 e. The molecule has 2 aromatic carbocycles. The van der Waals surface area contributed by atoms with E-state index in [1.165, 1.54) is 30.0 Å². The van der Waals surface area contributed by atoms with E-state index in [1.54, 1.807) is 6.07 Å². The third-order valence-electron chi connectivity index (χ3n) is 2.53. The van der Waals surface area contributed by atoms with Crippen LogP contribution in [0.4, 0.5) is 4.39 Å².